The van der Waals surface area contributed by atoms with Crippen LogP contribution in [-0.2, 0) is 17.9 Å². The number of nitrogens with one attached hydrogen (secondary N) is 3. The highest BCUT2D eigenvalue weighted by atomic mass is 16.1. The summed E-state index contributed by atoms with van der Waals surface area (Å²) in [5.74, 6) is 0.715. The number of carbonyl (C=O) groups excluding carboxylic acids is 1. The van der Waals surface area contributed by atoms with Gasteiger partial charge in [-0.25, -0.2) is 0 Å². The predicted molar refractivity (Wildman–Crippen MR) is 107 cm³/mol. The first-order chi connectivity index (χ1) is 12.6. The van der Waals surface area contributed by atoms with Gasteiger partial charge in [0.2, 0.25) is 5.91 Å². The maximum Gasteiger partial charge on any atom is 0.222 e. The smallest absolute Gasteiger partial charge is 0.222 e. The van der Waals surface area contributed by atoms with Crippen molar-refractivity contribution in [3.8, 4) is 0 Å². The molecule has 3 N–H and O–H groups in total. The number of aryl methyl sites for hydroxylation is 2. The van der Waals surface area contributed by atoms with Gasteiger partial charge in [-0.15, -0.1) is 0 Å². The average molecular weight is 352 g/mol. The summed E-state index contributed by atoms with van der Waals surface area (Å²) in [5.41, 5.74) is 4.85. The van der Waals surface area contributed by atoms with E-state index in [1.165, 1.54) is 16.7 Å². The molecule has 2 rings (SSSR count). The zero-order valence-corrected chi connectivity index (χ0v) is 15.8. The van der Waals surface area contributed by atoms with E-state index < -0.39 is 0 Å². The fourth-order valence-corrected chi connectivity index (χ4v) is 2.62. The van der Waals surface area contributed by atoms with Gasteiger partial charge >= 0.3 is 0 Å². The lowest BCUT2D eigenvalue weighted by Crippen LogP contribution is -2.39. The summed E-state index contributed by atoms with van der Waals surface area (Å²) >= 11 is 0. The highest BCUT2D eigenvalue weighted by Crippen LogP contribution is 2.09. The Labute approximate surface area is 155 Å². The van der Waals surface area contributed by atoms with Crippen LogP contribution in [0.1, 0.15) is 28.7 Å². The first kappa shape index (κ1) is 19.5. The van der Waals surface area contributed by atoms with Gasteiger partial charge < -0.3 is 16.0 Å². The van der Waals surface area contributed by atoms with Crippen LogP contribution in [-0.4, -0.2) is 25.5 Å². The molecule has 0 fully saturated rings. The lowest BCUT2D eigenvalue weighted by molar-refractivity contribution is -0.121. The molecule has 0 atom stereocenters. The molecule has 0 aromatic heterocycles. The van der Waals surface area contributed by atoms with E-state index in [1.54, 1.807) is 7.05 Å². The monoisotopic (exact) mass is 352 g/mol. The fourth-order valence-electron chi connectivity index (χ4n) is 2.62. The molecular formula is C21H28N4O. The van der Waals surface area contributed by atoms with Crippen molar-refractivity contribution in [1.82, 2.24) is 16.0 Å². The largest absolute Gasteiger partial charge is 0.356 e. The third kappa shape index (κ3) is 6.59. The van der Waals surface area contributed by atoms with Crippen LogP contribution in [0.5, 0.6) is 0 Å². The van der Waals surface area contributed by atoms with Crippen molar-refractivity contribution in [1.29, 1.82) is 0 Å². The Morgan fingerprint density at radius 3 is 2.42 bits per heavy atom. The Kier molecular flexibility index (Phi) is 7.68. The Morgan fingerprint density at radius 2 is 1.73 bits per heavy atom. The van der Waals surface area contributed by atoms with E-state index in [1.807, 2.05) is 30.3 Å². The Morgan fingerprint density at radius 1 is 0.962 bits per heavy atom. The van der Waals surface area contributed by atoms with Gasteiger partial charge in [0, 0.05) is 33.1 Å². The van der Waals surface area contributed by atoms with E-state index >= 15 is 0 Å². The van der Waals surface area contributed by atoms with Crippen molar-refractivity contribution < 1.29 is 4.79 Å². The summed E-state index contributed by atoms with van der Waals surface area (Å²) in [4.78, 5) is 16.1. The van der Waals surface area contributed by atoms with Crippen molar-refractivity contribution in [2.45, 2.75) is 33.4 Å². The molecular weight excluding hydrogens is 324 g/mol. The first-order valence-electron chi connectivity index (χ1n) is 8.89. The molecule has 0 bridgehead atoms. The number of benzene rings is 2. The summed E-state index contributed by atoms with van der Waals surface area (Å²) in [6.07, 6.45) is 0.400. The predicted octanol–water partition coefficient (Wildman–Crippen LogP) is 2.67. The molecule has 0 heterocycles. The van der Waals surface area contributed by atoms with Crippen LogP contribution in [0.25, 0.3) is 0 Å². The number of rotatable bonds is 7. The van der Waals surface area contributed by atoms with Crippen LogP contribution in [0.4, 0.5) is 0 Å². The molecule has 0 unspecified atom stereocenters. The molecule has 0 saturated carbocycles. The van der Waals surface area contributed by atoms with Gasteiger partial charge in [-0.05, 0) is 30.5 Å². The highest BCUT2D eigenvalue weighted by Gasteiger charge is 2.04. The number of aliphatic imine (C=N–C) groups is 1. The van der Waals surface area contributed by atoms with E-state index in [4.69, 9.17) is 0 Å². The molecule has 0 aliphatic rings. The van der Waals surface area contributed by atoms with E-state index in [0.29, 0.717) is 32.0 Å². The van der Waals surface area contributed by atoms with E-state index in [9.17, 15) is 4.79 Å². The second kappa shape index (κ2) is 10.2. The summed E-state index contributed by atoms with van der Waals surface area (Å²) < 4.78 is 0. The molecule has 26 heavy (non-hydrogen) atoms. The number of hydrogen-bond donors (Lipinski definition) is 3. The lowest BCUT2D eigenvalue weighted by Gasteiger charge is -2.13. The molecule has 0 aliphatic heterocycles. The molecule has 5 nitrogen and oxygen atoms in total. The SMILES string of the molecule is CN=C(NCCC(=O)NCc1ccccc1)NCc1ccc(C)cc1C. The fraction of sp³-hybridized carbons (Fsp3) is 0.333. The van der Waals surface area contributed by atoms with Gasteiger partial charge in [0.05, 0.1) is 0 Å². The Bertz CT molecular complexity index is 741. The number of guanidine groups is 1. The average Bonchev–Trinajstić information content (AvgIpc) is 2.65. The number of carbonyl (C=O) groups is 1. The van der Waals surface area contributed by atoms with E-state index in [-0.39, 0.29) is 5.91 Å². The van der Waals surface area contributed by atoms with Gasteiger partial charge in [0.1, 0.15) is 0 Å². The molecule has 0 spiro atoms. The van der Waals surface area contributed by atoms with Crippen LogP contribution < -0.4 is 16.0 Å². The topological polar surface area (TPSA) is 65.5 Å². The minimum atomic E-state index is 0.0196. The van der Waals surface area contributed by atoms with Crippen molar-refractivity contribution in [3.05, 3.63) is 70.8 Å². The summed E-state index contributed by atoms with van der Waals surface area (Å²) in [7, 11) is 1.73. The van der Waals surface area contributed by atoms with Gasteiger partial charge in [-0.1, -0.05) is 54.1 Å². The maximum absolute atomic E-state index is 11.9. The normalized spacial score (nSPS) is 11.1. The molecule has 0 aliphatic carbocycles. The summed E-state index contributed by atoms with van der Waals surface area (Å²) in [6.45, 7) is 5.99. The maximum atomic E-state index is 11.9. The van der Waals surface area contributed by atoms with Crippen LogP contribution in [0.2, 0.25) is 0 Å². The standard InChI is InChI=1S/C21H28N4O/c1-16-9-10-19(17(2)13-16)15-25-21(22-3)23-12-11-20(26)24-14-18-7-5-4-6-8-18/h4-10,13H,11-12,14-15H2,1-3H3,(H,24,26)(H2,22,23,25). The van der Waals surface area contributed by atoms with Gasteiger partial charge in [0.25, 0.3) is 0 Å². The number of hydrogen-bond acceptors (Lipinski definition) is 2. The molecule has 2 aromatic carbocycles. The molecule has 5 heteroatoms. The number of amides is 1. The van der Waals surface area contributed by atoms with Gasteiger partial charge in [-0.2, -0.15) is 0 Å². The van der Waals surface area contributed by atoms with E-state index in [2.05, 4.69) is 53.0 Å². The molecule has 0 radical (unpaired) electrons. The Balaban J connectivity index is 1.69. The molecule has 138 valence electrons. The molecule has 0 saturated heterocycles. The lowest BCUT2D eigenvalue weighted by atomic mass is 10.1. The minimum Gasteiger partial charge on any atom is -0.356 e. The van der Waals surface area contributed by atoms with Crippen molar-refractivity contribution >= 4 is 11.9 Å². The van der Waals surface area contributed by atoms with Crippen molar-refractivity contribution in [3.63, 3.8) is 0 Å². The third-order valence-electron chi connectivity index (χ3n) is 4.15. The summed E-state index contributed by atoms with van der Waals surface area (Å²) in [5, 5.41) is 9.38. The second-order valence-electron chi connectivity index (χ2n) is 6.29. The van der Waals surface area contributed by atoms with Crippen molar-refractivity contribution in [2.24, 2.45) is 4.99 Å². The van der Waals surface area contributed by atoms with Crippen LogP contribution in [0.3, 0.4) is 0 Å². The Hall–Kier alpha value is -2.82. The highest BCUT2D eigenvalue weighted by molar-refractivity contribution is 5.81. The quantitative estimate of drug-likeness (QED) is 0.530. The van der Waals surface area contributed by atoms with Crippen LogP contribution >= 0.6 is 0 Å². The van der Waals surface area contributed by atoms with Crippen molar-refractivity contribution in [2.75, 3.05) is 13.6 Å². The van der Waals surface area contributed by atoms with Crippen LogP contribution in [0, 0.1) is 13.8 Å². The first-order valence-corrected chi connectivity index (χ1v) is 8.89. The minimum absolute atomic E-state index is 0.0196. The molecule has 1 amide bonds. The van der Waals surface area contributed by atoms with Gasteiger partial charge in [-0.3, -0.25) is 9.79 Å². The molecule has 2 aromatic rings. The van der Waals surface area contributed by atoms with E-state index in [0.717, 1.165) is 5.56 Å². The third-order valence-corrected chi connectivity index (χ3v) is 4.15. The zero-order valence-electron chi connectivity index (χ0n) is 15.8. The number of nitrogens with zero attached hydrogens (tertiary/aromatic N) is 1. The zero-order chi connectivity index (χ0) is 18.8. The van der Waals surface area contributed by atoms with Gasteiger partial charge in [0.15, 0.2) is 5.96 Å². The van der Waals surface area contributed by atoms with Crippen LogP contribution in [0.15, 0.2) is 53.5 Å². The second-order valence-corrected chi connectivity index (χ2v) is 6.29. The summed E-state index contributed by atoms with van der Waals surface area (Å²) in [6, 6.07) is 16.3.